The molecule has 2 heterocycles. The lowest BCUT2D eigenvalue weighted by Crippen LogP contribution is -2.32. The van der Waals surface area contributed by atoms with E-state index in [1.807, 2.05) is 17.9 Å². The van der Waals surface area contributed by atoms with Crippen molar-refractivity contribution in [2.75, 3.05) is 18.0 Å². The number of nitrogens with zero attached hydrogens (tertiary/aromatic N) is 3. The van der Waals surface area contributed by atoms with E-state index in [1.54, 1.807) is 12.1 Å². The van der Waals surface area contributed by atoms with Crippen LogP contribution >= 0.6 is 11.6 Å². The van der Waals surface area contributed by atoms with E-state index in [9.17, 15) is 4.39 Å². The number of aromatic nitrogens is 2. The first-order valence-corrected chi connectivity index (χ1v) is 7.83. The summed E-state index contributed by atoms with van der Waals surface area (Å²) < 4.78 is 15.1. The molecule has 1 saturated heterocycles. The molecule has 1 fully saturated rings. The molecule has 6 heteroatoms. The van der Waals surface area contributed by atoms with Gasteiger partial charge < -0.3 is 10.2 Å². The number of nitrogens with one attached hydrogen (secondary N) is 1. The molecule has 1 aliphatic heterocycles. The van der Waals surface area contributed by atoms with Crippen LogP contribution in [-0.4, -0.2) is 28.9 Å². The van der Waals surface area contributed by atoms with Gasteiger partial charge in [0.05, 0.1) is 11.2 Å². The maximum absolute atomic E-state index is 13.2. The van der Waals surface area contributed by atoms with Gasteiger partial charge in [-0.1, -0.05) is 11.6 Å². The molecule has 1 aromatic heterocycles. The average molecular weight is 323 g/mol. The standard InChI is InChI=1S/C16H20ClFN4/c1-11-12(9-20-21(11)2)8-19-13-5-6-22(10-13)14-3-4-16(18)15(17)7-14/h3-4,7,9,13,19H,5-6,8,10H2,1-2H3/t13-/m0/s1. The predicted molar refractivity (Wildman–Crippen MR) is 86.8 cm³/mol. The third kappa shape index (κ3) is 3.10. The number of benzene rings is 1. The first kappa shape index (κ1) is 15.3. The molecule has 0 radical (unpaired) electrons. The Balaban J connectivity index is 1.58. The van der Waals surface area contributed by atoms with Crippen molar-refractivity contribution in [2.24, 2.45) is 7.05 Å². The summed E-state index contributed by atoms with van der Waals surface area (Å²) in [7, 11) is 1.95. The molecule has 0 aliphatic carbocycles. The summed E-state index contributed by atoms with van der Waals surface area (Å²) in [4.78, 5) is 2.24. The molecule has 4 nitrogen and oxygen atoms in total. The number of hydrogen-bond acceptors (Lipinski definition) is 3. The van der Waals surface area contributed by atoms with E-state index >= 15 is 0 Å². The van der Waals surface area contributed by atoms with Crippen LogP contribution in [0.1, 0.15) is 17.7 Å². The zero-order valence-corrected chi connectivity index (χ0v) is 13.6. The van der Waals surface area contributed by atoms with Gasteiger partial charge >= 0.3 is 0 Å². The van der Waals surface area contributed by atoms with E-state index in [2.05, 4.69) is 22.2 Å². The van der Waals surface area contributed by atoms with Crippen molar-refractivity contribution in [3.05, 3.63) is 46.5 Å². The van der Waals surface area contributed by atoms with Gasteiger partial charge in [-0.3, -0.25) is 4.68 Å². The average Bonchev–Trinajstić information content (AvgIpc) is 3.09. The summed E-state index contributed by atoms with van der Waals surface area (Å²) >= 11 is 5.86. The molecule has 1 N–H and O–H groups in total. The molecule has 0 saturated carbocycles. The van der Waals surface area contributed by atoms with Crippen LogP contribution in [0.4, 0.5) is 10.1 Å². The van der Waals surface area contributed by atoms with Gasteiger partial charge in [0, 0.05) is 49.7 Å². The van der Waals surface area contributed by atoms with E-state index in [4.69, 9.17) is 11.6 Å². The molecule has 118 valence electrons. The third-order valence-corrected chi connectivity index (χ3v) is 4.66. The van der Waals surface area contributed by atoms with Crippen LogP contribution in [0.2, 0.25) is 5.02 Å². The van der Waals surface area contributed by atoms with E-state index in [0.29, 0.717) is 6.04 Å². The second-order valence-corrected chi connectivity index (χ2v) is 6.20. The van der Waals surface area contributed by atoms with Gasteiger partial charge in [-0.05, 0) is 31.5 Å². The largest absolute Gasteiger partial charge is 0.370 e. The lowest BCUT2D eigenvalue weighted by Gasteiger charge is -2.19. The highest BCUT2D eigenvalue weighted by Crippen LogP contribution is 2.25. The van der Waals surface area contributed by atoms with E-state index in [-0.39, 0.29) is 10.8 Å². The van der Waals surface area contributed by atoms with Gasteiger partial charge in [-0.15, -0.1) is 0 Å². The first-order chi connectivity index (χ1) is 10.5. The fourth-order valence-electron chi connectivity index (χ4n) is 2.82. The zero-order valence-electron chi connectivity index (χ0n) is 12.8. The molecule has 2 aromatic rings. The molecule has 0 bridgehead atoms. The van der Waals surface area contributed by atoms with Crippen LogP contribution in [0, 0.1) is 12.7 Å². The summed E-state index contributed by atoms with van der Waals surface area (Å²) in [5, 5.41) is 8.01. The highest BCUT2D eigenvalue weighted by molar-refractivity contribution is 6.31. The second-order valence-electron chi connectivity index (χ2n) is 5.79. The molecular weight excluding hydrogens is 303 g/mol. The van der Waals surface area contributed by atoms with E-state index in [1.165, 1.54) is 17.3 Å². The fourth-order valence-corrected chi connectivity index (χ4v) is 2.99. The summed E-state index contributed by atoms with van der Waals surface area (Å²) in [6, 6.07) is 5.33. The van der Waals surface area contributed by atoms with Gasteiger partial charge in [0.15, 0.2) is 0 Å². The lowest BCUT2D eigenvalue weighted by molar-refractivity contribution is 0.550. The Morgan fingerprint density at radius 1 is 1.45 bits per heavy atom. The topological polar surface area (TPSA) is 33.1 Å². The Hall–Kier alpha value is -1.59. The Kier molecular flexibility index (Phi) is 4.36. The minimum Gasteiger partial charge on any atom is -0.370 e. The summed E-state index contributed by atoms with van der Waals surface area (Å²) in [6.45, 7) is 4.75. The number of rotatable bonds is 4. The summed E-state index contributed by atoms with van der Waals surface area (Å²) in [5.74, 6) is -0.369. The first-order valence-electron chi connectivity index (χ1n) is 7.45. The van der Waals surface area contributed by atoms with Crippen molar-refractivity contribution in [1.29, 1.82) is 0 Å². The summed E-state index contributed by atoms with van der Waals surface area (Å²) in [5.41, 5.74) is 3.40. The smallest absolute Gasteiger partial charge is 0.141 e. The Bertz CT molecular complexity index is 670. The van der Waals surface area contributed by atoms with E-state index in [0.717, 1.165) is 31.7 Å². The molecule has 0 unspecified atom stereocenters. The van der Waals surface area contributed by atoms with Crippen LogP contribution in [0.15, 0.2) is 24.4 Å². The van der Waals surface area contributed by atoms with E-state index < -0.39 is 0 Å². The maximum atomic E-state index is 13.2. The summed E-state index contributed by atoms with van der Waals surface area (Å²) in [6.07, 6.45) is 2.98. The molecular formula is C16H20ClFN4. The number of hydrogen-bond donors (Lipinski definition) is 1. The molecule has 1 aliphatic rings. The van der Waals surface area contributed by atoms with Gasteiger partial charge in [0.2, 0.25) is 0 Å². The van der Waals surface area contributed by atoms with Gasteiger partial charge in [-0.25, -0.2) is 4.39 Å². The Labute approximate surface area is 134 Å². The van der Waals surface area contributed by atoms with Crippen LogP contribution in [0.3, 0.4) is 0 Å². The Morgan fingerprint density at radius 2 is 2.27 bits per heavy atom. The van der Waals surface area contributed by atoms with Gasteiger partial charge in [-0.2, -0.15) is 5.10 Å². The second kappa shape index (κ2) is 6.26. The number of halogens is 2. The molecule has 22 heavy (non-hydrogen) atoms. The van der Waals surface area contributed by atoms with Crippen LogP contribution in [-0.2, 0) is 13.6 Å². The predicted octanol–water partition coefficient (Wildman–Crippen LogP) is 2.89. The molecule has 1 atom stereocenters. The molecule has 1 aromatic carbocycles. The molecule has 3 rings (SSSR count). The minimum absolute atomic E-state index is 0.180. The minimum atomic E-state index is -0.369. The van der Waals surface area contributed by atoms with Crippen LogP contribution in [0.25, 0.3) is 0 Å². The van der Waals surface area contributed by atoms with Crippen molar-refractivity contribution in [2.45, 2.75) is 25.9 Å². The van der Waals surface area contributed by atoms with Crippen molar-refractivity contribution in [3.63, 3.8) is 0 Å². The molecule has 0 spiro atoms. The van der Waals surface area contributed by atoms with Gasteiger partial charge in [0.1, 0.15) is 5.82 Å². The molecule has 0 amide bonds. The highest BCUT2D eigenvalue weighted by atomic mass is 35.5. The third-order valence-electron chi connectivity index (χ3n) is 4.37. The maximum Gasteiger partial charge on any atom is 0.141 e. The van der Waals surface area contributed by atoms with Crippen molar-refractivity contribution in [1.82, 2.24) is 15.1 Å². The highest BCUT2D eigenvalue weighted by Gasteiger charge is 2.23. The number of anilines is 1. The van der Waals surface area contributed by atoms with Gasteiger partial charge in [0.25, 0.3) is 0 Å². The SMILES string of the molecule is Cc1c(CN[C@H]2CCN(c3ccc(F)c(Cl)c3)C2)cnn1C. The Morgan fingerprint density at radius 3 is 2.95 bits per heavy atom. The van der Waals surface area contributed by atoms with Crippen molar-refractivity contribution in [3.8, 4) is 0 Å². The fraction of sp³-hybridized carbons (Fsp3) is 0.438. The normalized spacial score (nSPS) is 18.2. The quantitative estimate of drug-likeness (QED) is 0.939. The zero-order chi connectivity index (χ0) is 15.7. The number of aryl methyl sites for hydroxylation is 1. The van der Waals surface area contributed by atoms with Crippen molar-refractivity contribution >= 4 is 17.3 Å². The monoisotopic (exact) mass is 322 g/mol. The van der Waals surface area contributed by atoms with Crippen molar-refractivity contribution < 1.29 is 4.39 Å². The lowest BCUT2D eigenvalue weighted by atomic mass is 10.2. The van der Waals surface area contributed by atoms with Crippen LogP contribution < -0.4 is 10.2 Å². The van der Waals surface area contributed by atoms with Crippen LogP contribution in [0.5, 0.6) is 0 Å².